The molecule has 15 heavy (non-hydrogen) atoms. The van der Waals surface area contributed by atoms with Crippen LogP contribution in [0.2, 0.25) is 0 Å². The normalized spacial score (nSPS) is 18.3. The van der Waals surface area contributed by atoms with Crippen LogP contribution >= 0.6 is 0 Å². The van der Waals surface area contributed by atoms with E-state index in [0.29, 0.717) is 6.42 Å². The Kier molecular flexibility index (Phi) is 1.75. The highest BCUT2D eigenvalue weighted by molar-refractivity contribution is 5.79. The quantitative estimate of drug-likeness (QED) is 0.598. The molecule has 2 nitrogen and oxygen atoms in total. The molecule has 1 aliphatic carbocycles. The monoisotopic (exact) mass is 198 g/mol. The number of rotatable bonds is 0. The van der Waals surface area contributed by atoms with E-state index in [1.165, 1.54) is 11.1 Å². The molecule has 0 fully saturated rings. The smallest absolute Gasteiger partial charge is 0.315 e. The first-order valence-corrected chi connectivity index (χ1v) is 5.01. The summed E-state index contributed by atoms with van der Waals surface area (Å²) in [5.41, 5.74) is 3.57. The molecule has 1 heterocycles. The van der Waals surface area contributed by atoms with Gasteiger partial charge in [0.2, 0.25) is 0 Å². The van der Waals surface area contributed by atoms with Crippen LogP contribution in [0.15, 0.2) is 41.7 Å². The van der Waals surface area contributed by atoms with Crippen LogP contribution in [-0.2, 0) is 16.0 Å². The van der Waals surface area contributed by atoms with E-state index in [0.717, 1.165) is 17.8 Å². The Balaban J connectivity index is 2.06. The van der Waals surface area contributed by atoms with Crippen molar-refractivity contribution in [2.24, 2.45) is 0 Å². The van der Waals surface area contributed by atoms with E-state index in [4.69, 9.17) is 4.74 Å². The molecule has 74 valence electrons. The predicted octanol–water partition coefficient (Wildman–Crippen LogP) is 2.46. The van der Waals surface area contributed by atoms with Gasteiger partial charge in [-0.1, -0.05) is 30.3 Å². The third kappa shape index (κ3) is 1.38. The Labute approximate surface area is 87.9 Å². The van der Waals surface area contributed by atoms with E-state index in [1.54, 1.807) is 0 Å². The van der Waals surface area contributed by atoms with Crippen LogP contribution in [0.3, 0.4) is 0 Å². The maximum absolute atomic E-state index is 11.1. The van der Waals surface area contributed by atoms with Crippen molar-refractivity contribution in [3.8, 4) is 0 Å². The van der Waals surface area contributed by atoms with Crippen LogP contribution < -0.4 is 0 Å². The van der Waals surface area contributed by atoms with Gasteiger partial charge in [-0.3, -0.25) is 4.79 Å². The number of allylic oxidation sites excluding steroid dienone is 1. The lowest BCUT2D eigenvalue weighted by molar-refractivity contribution is -0.136. The summed E-state index contributed by atoms with van der Waals surface area (Å²) in [7, 11) is 0. The van der Waals surface area contributed by atoms with Gasteiger partial charge in [0.1, 0.15) is 5.76 Å². The van der Waals surface area contributed by atoms with Gasteiger partial charge in [0.05, 0.1) is 6.42 Å². The summed E-state index contributed by atoms with van der Waals surface area (Å²) >= 11 is 0. The molecule has 1 aliphatic heterocycles. The molecule has 0 bridgehead atoms. The fourth-order valence-electron chi connectivity index (χ4n) is 2.05. The van der Waals surface area contributed by atoms with Gasteiger partial charge in [0.15, 0.2) is 0 Å². The van der Waals surface area contributed by atoms with Crippen LogP contribution in [0.1, 0.15) is 17.5 Å². The molecular weight excluding hydrogens is 188 g/mol. The molecule has 1 aromatic rings. The average Bonchev–Trinajstić information content (AvgIpc) is 2.49. The SMILES string of the molecule is O=C1CC2=C(C=Cc3ccccc3C2)O1. The number of hydrogen-bond acceptors (Lipinski definition) is 2. The summed E-state index contributed by atoms with van der Waals surface area (Å²) in [6, 6.07) is 8.22. The largest absolute Gasteiger partial charge is 0.426 e. The number of hydrogen-bond donors (Lipinski definition) is 0. The summed E-state index contributed by atoms with van der Waals surface area (Å²) < 4.78 is 5.13. The molecular formula is C13H10O2. The zero-order chi connectivity index (χ0) is 10.3. The van der Waals surface area contributed by atoms with Crippen molar-refractivity contribution < 1.29 is 9.53 Å². The van der Waals surface area contributed by atoms with Crippen LogP contribution in [0.5, 0.6) is 0 Å². The van der Waals surface area contributed by atoms with Crippen molar-refractivity contribution in [3.05, 3.63) is 52.8 Å². The van der Waals surface area contributed by atoms with Crippen LogP contribution in [-0.4, -0.2) is 5.97 Å². The molecule has 3 rings (SSSR count). The lowest BCUT2D eigenvalue weighted by atomic mass is 10.0. The summed E-state index contributed by atoms with van der Waals surface area (Å²) in [6.07, 6.45) is 5.17. The highest BCUT2D eigenvalue weighted by atomic mass is 16.5. The van der Waals surface area contributed by atoms with E-state index in [1.807, 2.05) is 24.3 Å². The summed E-state index contributed by atoms with van der Waals surface area (Å²) in [5.74, 6) is 0.611. The van der Waals surface area contributed by atoms with E-state index in [9.17, 15) is 4.79 Å². The highest BCUT2D eigenvalue weighted by Gasteiger charge is 2.23. The van der Waals surface area contributed by atoms with Gasteiger partial charge >= 0.3 is 5.97 Å². The van der Waals surface area contributed by atoms with Crippen LogP contribution in [0.4, 0.5) is 0 Å². The van der Waals surface area contributed by atoms with Crippen molar-refractivity contribution in [3.63, 3.8) is 0 Å². The summed E-state index contributed by atoms with van der Waals surface area (Å²) in [6.45, 7) is 0. The van der Waals surface area contributed by atoms with E-state index >= 15 is 0 Å². The summed E-state index contributed by atoms with van der Waals surface area (Å²) in [5, 5.41) is 0. The molecule has 0 radical (unpaired) electrons. The fourth-order valence-corrected chi connectivity index (χ4v) is 2.05. The van der Waals surface area contributed by atoms with Crippen molar-refractivity contribution >= 4 is 12.0 Å². The van der Waals surface area contributed by atoms with E-state index in [2.05, 4.69) is 12.1 Å². The molecule has 0 aromatic heterocycles. The molecule has 0 spiro atoms. The van der Waals surface area contributed by atoms with Crippen molar-refractivity contribution in [2.45, 2.75) is 12.8 Å². The van der Waals surface area contributed by atoms with Gasteiger partial charge in [-0.2, -0.15) is 0 Å². The Bertz CT molecular complexity index is 495. The average molecular weight is 198 g/mol. The first kappa shape index (κ1) is 8.48. The lowest BCUT2D eigenvalue weighted by Gasteiger charge is -2.03. The minimum atomic E-state index is -0.135. The first-order valence-electron chi connectivity index (χ1n) is 5.01. The molecule has 2 aliphatic rings. The maximum Gasteiger partial charge on any atom is 0.315 e. The Morgan fingerprint density at radius 3 is 2.87 bits per heavy atom. The summed E-state index contributed by atoms with van der Waals surface area (Å²) in [4.78, 5) is 11.1. The fraction of sp³-hybridized carbons (Fsp3) is 0.154. The van der Waals surface area contributed by atoms with Crippen molar-refractivity contribution in [1.82, 2.24) is 0 Å². The third-order valence-electron chi connectivity index (χ3n) is 2.80. The standard InChI is InChI=1S/C13H10O2/c14-13-8-11-7-10-4-2-1-3-9(10)5-6-12(11)15-13/h1-6H,7-8H2. The molecule has 2 heteroatoms. The number of carbonyl (C=O) groups is 1. The van der Waals surface area contributed by atoms with Gasteiger partial charge in [0.25, 0.3) is 0 Å². The molecule has 0 amide bonds. The minimum Gasteiger partial charge on any atom is -0.426 e. The number of ether oxygens (including phenoxy) is 1. The Morgan fingerprint density at radius 1 is 1.07 bits per heavy atom. The van der Waals surface area contributed by atoms with Gasteiger partial charge in [-0.15, -0.1) is 0 Å². The molecule has 0 N–H and O–H groups in total. The zero-order valence-corrected chi connectivity index (χ0v) is 8.19. The van der Waals surface area contributed by atoms with Gasteiger partial charge in [0, 0.05) is 0 Å². The van der Waals surface area contributed by atoms with Gasteiger partial charge < -0.3 is 4.74 Å². The van der Waals surface area contributed by atoms with Crippen LogP contribution in [0, 0.1) is 0 Å². The topological polar surface area (TPSA) is 26.3 Å². The molecule has 0 unspecified atom stereocenters. The van der Waals surface area contributed by atoms with Crippen molar-refractivity contribution in [2.75, 3.05) is 0 Å². The van der Waals surface area contributed by atoms with Crippen LogP contribution in [0.25, 0.3) is 6.08 Å². The number of fused-ring (bicyclic) bond motifs is 1. The number of carbonyl (C=O) groups excluding carboxylic acids is 1. The second kappa shape index (κ2) is 3.09. The Hall–Kier alpha value is -1.83. The second-order valence-corrected chi connectivity index (χ2v) is 3.83. The predicted molar refractivity (Wildman–Crippen MR) is 56.9 cm³/mol. The molecule has 1 aromatic carbocycles. The molecule has 0 atom stereocenters. The van der Waals surface area contributed by atoms with Gasteiger partial charge in [-0.25, -0.2) is 0 Å². The number of esters is 1. The minimum absolute atomic E-state index is 0.135. The zero-order valence-electron chi connectivity index (χ0n) is 8.19. The third-order valence-corrected chi connectivity index (χ3v) is 2.80. The van der Waals surface area contributed by atoms with E-state index in [-0.39, 0.29) is 5.97 Å². The van der Waals surface area contributed by atoms with E-state index < -0.39 is 0 Å². The Morgan fingerprint density at radius 2 is 1.93 bits per heavy atom. The highest BCUT2D eigenvalue weighted by Crippen LogP contribution is 2.29. The first-order chi connectivity index (χ1) is 7.33. The number of benzene rings is 1. The van der Waals surface area contributed by atoms with Gasteiger partial charge in [-0.05, 0) is 29.2 Å². The molecule has 0 saturated heterocycles. The van der Waals surface area contributed by atoms with Crippen molar-refractivity contribution in [1.29, 1.82) is 0 Å². The second-order valence-electron chi connectivity index (χ2n) is 3.83. The lowest BCUT2D eigenvalue weighted by Crippen LogP contribution is -1.95. The maximum atomic E-state index is 11.1. The molecule has 0 saturated carbocycles.